The van der Waals surface area contributed by atoms with Gasteiger partial charge in [0.2, 0.25) is 5.67 Å². The summed E-state index contributed by atoms with van der Waals surface area (Å²) in [5.74, 6) is -2.43. The summed E-state index contributed by atoms with van der Waals surface area (Å²) in [6.45, 7) is 7.14. The van der Waals surface area contributed by atoms with Gasteiger partial charge in [0, 0.05) is 5.57 Å². The maximum absolute atomic E-state index is 13.6. The first-order valence-electron chi connectivity index (χ1n) is 4.52. The monoisotopic (exact) mass is 218 g/mol. The van der Waals surface area contributed by atoms with E-state index in [1.165, 1.54) is 13.8 Å². The van der Waals surface area contributed by atoms with Gasteiger partial charge in [-0.25, -0.2) is 14.0 Å². The normalized spacial score (nSPS) is 16.3. The van der Waals surface area contributed by atoms with Crippen molar-refractivity contribution in [2.45, 2.75) is 39.0 Å². The number of hydrogen-bond donors (Lipinski definition) is 1. The van der Waals surface area contributed by atoms with Crippen molar-refractivity contribution in [1.82, 2.24) is 0 Å². The van der Waals surface area contributed by atoms with Gasteiger partial charge in [-0.15, -0.1) is 0 Å². The smallest absolute Gasteiger partial charge is 0.345 e. The molecule has 1 N–H and O–H groups in total. The number of ether oxygens (including phenoxy) is 1. The summed E-state index contributed by atoms with van der Waals surface area (Å²) >= 11 is 0. The predicted molar refractivity (Wildman–Crippen MR) is 52.1 cm³/mol. The lowest BCUT2D eigenvalue weighted by molar-refractivity contribution is -0.168. The fourth-order valence-corrected chi connectivity index (χ4v) is 0.945. The van der Waals surface area contributed by atoms with E-state index in [1.807, 2.05) is 0 Å². The molecule has 4 nitrogen and oxygen atoms in total. The minimum atomic E-state index is -2.58. The SMILES string of the molecule is C=C(C)C(=O)OC(CC)C(C)(F)C(=O)O. The molecule has 0 heterocycles. The van der Waals surface area contributed by atoms with Crippen LogP contribution in [-0.4, -0.2) is 28.8 Å². The molecule has 0 saturated carbocycles. The van der Waals surface area contributed by atoms with Crippen LogP contribution >= 0.6 is 0 Å². The summed E-state index contributed by atoms with van der Waals surface area (Å²) in [4.78, 5) is 21.7. The van der Waals surface area contributed by atoms with Crippen LogP contribution in [0.3, 0.4) is 0 Å². The third-order valence-electron chi connectivity index (χ3n) is 1.99. The molecule has 0 aromatic heterocycles. The third kappa shape index (κ3) is 3.34. The molecule has 0 amide bonds. The first-order valence-corrected chi connectivity index (χ1v) is 4.52. The van der Waals surface area contributed by atoms with Crippen molar-refractivity contribution in [3.8, 4) is 0 Å². The summed E-state index contributed by atoms with van der Waals surface area (Å²) in [6.07, 6.45) is -1.22. The van der Waals surface area contributed by atoms with Crippen molar-refractivity contribution in [2.24, 2.45) is 0 Å². The number of hydrogen-bond acceptors (Lipinski definition) is 3. The predicted octanol–water partition coefficient (Wildman–Crippen LogP) is 1.70. The molecule has 2 atom stereocenters. The van der Waals surface area contributed by atoms with Gasteiger partial charge in [-0.1, -0.05) is 13.5 Å². The van der Waals surface area contributed by atoms with Crippen LogP contribution in [0.15, 0.2) is 12.2 Å². The van der Waals surface area contributed by atoms with Gasteiger partial charge in [0.15, 0.2) is 0 Å². The molecule has 0 rings (SSSR count). The lowest BCUT2D eigenvalue weighted by Gasteiger charge is -2.25. The van der Waals surface area contributed by atoms with Crippen LogP contribution < -0.4 is 0 Å². The number of halogens is 1. The van der Waals surface area contributed by atoms with E-state index in [9.17, 15) is 14.0 Å². The Hall–Kier alpha value is -1.39. The Morgan fingerprint density at radius 3 is 2.33 bits per heavy atom. The van der Waals surface area contributed by atoms with E-state index >= 15 is 0 Å². The van der Waals surface area contributed by atoms with E-state index in [0.717, 1.165) is 6.92 Å². The summed E-state index contributed by atoms with van der Waals surface area (Å²) < 4.78 is 18.3. The van der Waals surface area contributed by atoms with Crippen LogP contribution in [0.1, 0.15) is 27.2 Å². The highest BCUT2D eigenvalue weighted by molar-refractivity contribution is 5.87. The van der Waals surface area contributed by atoms with Gasteiger partial charge in [0.05, 0.1) is 0 Å². The first-order chi connectivity index (χ1) is 6.73. The van der Waals surface area contributed by atoms with E-state index < -0.39 is 23.7 Å². The van der Waals surface area contributed by atoms with Crippen LogP contribution in [0, 0.1) is 0 Å². The van der Waals surface area contributed by atoms with Gasteiger partial charge >= 0.3 is 11.9 Å². The highest BCUT2D eigenvalue weighted by atomic mass is 19.1. The molecule has 15 heavy (non-hydrogen) atoms. The molecule has 0 aliphatic carbocycles. The van der Waals surface area contributed by atoms with E-state index in [2.05, 4.69) is 6.58 Å². The average molecular weight is 218 g/mol. The molecule has 0 radical (unpaired) electrons. The van der Waals surface area contributed by atoms with Crippen LogP contribution in [0.4, 0.5) is 4.39 Å². The molecule has 0 aliphatic heterocycles. The summed E-state index contributed by atoms with van der Waals surface area (Å²) in [5, 5.41) is 8.61. The molecular weight excluding hydrogens is 203 g/mol. The van der Waals surface area contributed by atoms with Gasteiger partial charge in [-0.05, 0) is 20.3 Å². The number of esters is 1. The topological polar surface area (TPSA) is 63.6 Å². The second-order valence-corrected chi connectivity index (χ2v) is 3.46. The minimum absolute atomic E-state index is 0.0817. The Labute approximate surface area is 87.7 Å². The quantitative estimate of drug-likeness (QED) is 0.563. The Kier molecular flexibility index (Phi) is 4.45. The number of carboxylic acid groups (broad SMARTS) is 1. The molecule has 0 bridgehead atoms. The number of alkyl halides is 1. The number of carbonyl (C=O) groups is 2. The highest BCUT2D eigenvalue weighted by Crippen LogP contribution is 2.22. The van der Waals surface area contributed by atoms with E-state index in [4.69, 9.17) is 9.84 Å². The Morgan fingerprint density at radius 2 is 2.07 bits per heavy atom. The zero-order valence-electron chi connectivity index (χ0n) is 9.04. The van der Waals surface area contributed by atoms with E-state index in [-0.39, 0.29) is 12.0 Å². The largest absolute Gasteiger partial charge is 0.479 e. The molecule has 0 fully saturated rings. The molecular formula is C10H15FO4. The van der Waals surface area contributed by atoms with E-state index in [0.29, 0.717) is 0 Å². The molecule has 0 aromatic carbocycles. The fourth-order valence-electron chi connectivity index (χ4n) is 0.945. The maximum Gasteiger partial charge on any atom is 0.345 e. The Balaban J connectivity index is 4.71. The van der Waals surface area contributed by atoms with E-state index in [1.54, 1.807) is 0 Å². The number of carbonyl (C=O) groups excluding carboxylic acids is 1. The fraction of sp³-hybridized carbons (Fsp3) is 0.600. The number of rotatable bonds is 5. The standard InChI is InChI=1S/C10H15FO4/c1-5-7(10(4,11)9(13)14)15-8(12)6(2)3/h7H,2,5H2,1,3-4H3,(H,13,14). The Morgan fingerprint density at radius 1 is 1.60 bits per heavy atom. The lowest BCUT2D eigenvalue weighted by atomic mass is 9.99. The molecule has 0 aromatic rings. The Bertz CT molecular complexity index is 283. The minimum Gasteiger partial charge on any atom is -0.479 e. The summed E-state index contributed by atoms with van der Waals surface area (Å²) in [6, 6.07) is 0. The third-order valence-corrected chi connectivity index (χ3v) is 1.99. The van der Waals surface area contributed by atoms with Gasteiger partial charge in [-0.2, -0.15) is 0 Å². The lowest BCUT2D eigenvalue weighted by Crippen LogP contribution is -2.45. The zero-order valence-corrected chi connectivity index (χ0v) is 9.04. The molecule has 0 spiro atoms. The first kappa shape index (κ1) is 13.6. The maximum atomic E-state index is 13.6. The van der Waals surface area contributed by atoms with Crippen molar-refractivity contribution < 1.29 is 23.8 Å². The van der Waals surface area contributed by atoms with Crippen LogP contribution in [-0.2, 0) is 14.3 Å². The number of aliphatic carboxylic acids is 1. The van der Waals surface area contributed by atoms with Crippen LogP contribution in [0.25, 0.3) is 0 Å². The van der Waals surface area contributed by atoms with Crippen LogP contribution in [0.5, 0.6) is 0 Å². The van der Waals surface area contributed by atoms with Crippen LogP contribution in [0.2, 0.25) is 0 Å². The summed E-state index contributed by atoms with van der Waals surface area (Å²) in [7, 11) is 0. The highest BCUT2D eigenvalue weighted by Gasteiger charge is 2.43. The van der Waals surface area contributed by atoms with Crippen molar-refractivity contribution in [2.75, 3.05) is 0 Å². The molecule has 5 heteroatoms. The molecule has 0 aliphatic rings. The second kappa shape index (κ2) is 4.91. The van der Waals surface area contributed by atoms with Crippen molar-refractivity contribution in [3.05, 3.63) is 12.2 Å². The van der Waals surface area contributed by atoms with Crippen molar-refractivity contribution in [1.29, 1.82) is 0 Å². The zero-order chi connectivity index (χ0) is 12.2. The summed E-state index contributed by atoms with van der Waals surface area (Å²) in [5.41, 5.74) is -2.48. The average Bonchev–Trinajstić information content (AvgIpc) is 2.12. The van der Waals surface area contributed by atoms with Crippen molar-refractivity contribution in [3.63, 3.8) is 0 Å². The van der Waals surface area contributed by atoms with Gasteiger partial charge < -0.3 is 9.84 Å². The molecule has 86 valence electrons. The molecule has 0 saturated heterocycles. The molecule has 2 unspecified atom stereocenters. The van der Waals surface area contributed by atoms with Gasteiger partial charge in [-0.3, -0.25) is 0 Å². The van der Waals surface area contributed by atoms with Gasteiger partial charge in [0.25, 0.3) is 0 Å². The van der Waals surface area contributed by atoms with Crippen molar-refractivity contribution >= 4 is 11.9 Å². The second-order valence-electron chi connectivity index (χ2n) is 3.46. The van der Waals surface area contributed by atoms with Gasteiger partial charge in [0.1, 0.15) is 6.10 Å². The number of carboxylic acids is 1.